The summed E-state index contributed by atoms with van der Waals surface area (Å²) in [6.45, 7) is 3.47. The minimum absolute atomic E-state index is 0.0992. The van der Waals surface area contributed by atoms with E-state index in [4.69, 9.17) is 9.47 Å². The molecular formula is C15H20N2O5. The molecule has 1 N–H and O–H groups in total. The number of benzene rings is 1. The highest BCUT2D eigenvalue weighted by Gasteiger charge is 2.20. The summed E-state index contributed by atoms with van der Waals surface area (Å²) in [6.07, 6.45) is 0. The topological polar surface area (TPSA) is 84.9 Å². The Morgan fingerprint density at radius 1 is 1.27 bits per heavy atom. The van der Waals surface area contributed by atoms with Gasteiger partial charge in [0.25, 0.3) is 5.91 Å². The van der Waals surface area contributed by atoms with Crippen molar-refractivity contribution in [2.75, 3.05) is 37.6 Å². The number of hydrogen-bond donors (Lipinski definition) is 1. The van der Waals surface area contributed by atoms with Gasteiger partial charge in [-0.2, -0.15) is 0 Å². The number of nitrogens with one attached hydrogen (secondary N) is 1. The summed E-state index contributed by atoms with van der Waals surface area (Å²) >= 11 is 0. The van der Waals surface area contributed by atoms with Crippen molar-refractivity contribution in [2.24, 2.45) is 0 Å². The molecule has 0 heterocycles. The summed E-state index contributed by atoms with van der Waals surface area (Å²) in [5.41, 5.74) is 1.04. The Balaban J connectivity index is 3.17. The van der Waals surface area contributed by atoms with Crippen LogP contribution in [-0.4, -0.2) is 45.2 Å². The van der Waals surface area contributed by atoms with E-state index in [-0.39, 0.29) is 24.0 Å². The molecule has 0 aromatic heterocycles. The van der Waals surface area contributed by atoms with Crippen molar-refractivity contribution in [1.82, 2.24) is 0 Å². The number of amides is 2. The van der Waals surface area contributed by atoms with Crippen LogP contribution in [0.2, 0.25) is 0 Å². The Labute approximate surface area is 129 Å². The molecule has 7 heteroatoms. The first-order valence-corrected chi connectivity index (χ1v) is 6.75. The van der Waals surface area contributed by atoms with E-state index < -0.39 is 5.97 Å². The average Bonchev–Trinajstić information content (AvgIpc) is 2.50. The molecule has 0 unspecified atom stereocenters. The second-order valence-electron chi connectivity index (χ2n) is 4.49. The number of carbonyl (C=O) groups excluding carboxylic acids is 3. The molecule has 1 rings (SSSR count). The second-order valence-corrected chi connectivity index (χ2v) is 4.49. The largest absolute Gasteiger partial charge is 0.465 e. The number of anilines is 2. The van der Waals surface area contributed by atoms with Crippen LogP contribution in [-0.2, 0) is 19.1 Å². The van der Waals surface area contributed by atoms with Crippen LogP contribution in [0.25, 0.3) is 0 Å². The standard InChI is InChI=1S/C15H20N2O5/c1-5-22-9-14(19)17(3)13-8-11(16-10(2)18)6-7-12(13)15(20)21-4/h6-8H,5,9H2,1-4H3,(H,16,18). The molecule has 0 saturated carbocycles. The van der Waals surface area contributed by atoms with Crippen LogP contribution in [0.3, 0.4) is 0 Å². The molecule has 0 fully saturated rings. The third kappa shape index (κ3) is 4.56. The van der Waals surface area contributed by atoms with E-state index in [0.717, 1.165) is 0 Å². The fraction of sp³-hybridized carbons (Fsp3) is 0.400. The van der Waals surface area contributed by atoms with Gasteiger partial charge < -0.3 is 19.7 Å². The Kier molecular flexibility index (Phi) is 6.52. The monoisotopic (exact) mass is 308 g/mol. The van der Waals surface area contributed by atoms with Gasteiger partial charge in [0.1, 0.15) is 6.61 Å². The lowest BCUT2D eigenvalue weighted by Crippen LogP contribution is -2.31. The fourth-order valence-electron chi connectivity index (χ4n) is 1.79. The van der Waals surface area contributed by atoms with E-state index in [1.807, 2.05) is 0 Å². The van der Waals surface area contributed by atoms with Gasteiger partial charge in [0.2, 0.25) is 5.91 Å². The number of ether oxygens (including phenoxy) is 2. The van der Waals surface area contributed by atoms with Crippen molar-refractivity contribution in [3.63, 3.8) is 0 Å². The van der Waals surface area contributed by atoms with Crippen molar-refractivity contribution in [3.05, 3.63) is 23.8 Å². The van der Waals surface area contributed by atoms with Gasteiger partial charge in [0.15, 0.2) is 0 Å². The maximum atomic E-state index is 12.1. The van der Waals surface area contributed by atoms with E-state index in [9.17, 15) is 14.4 Å². The van der Waals surface area contributed by atoms with Gasteiger partial charge in [-0.3, -0.25) is 9.59 Å². The lowest BCUT2D eigenvalue weighted by molar-refractivity contribution is -0.122. The average molecular weight is 308 g/mol. The Morgan fingerprint density at radius 2 is 1.95 bits per heavy atom. The molecule has 0 aliphatic carbocycles. The van der Waals surface area contributed by atoms with Gasteiger partial charge >= 0.3 is 5.97 Å². The molecule has 22 heavy (non-hydrogen) atoms. The number of methoxy groups -OCH3 is 1. The molecule has 0 atom stereocenters. The summed E-state index contributed by atoms with van der Waals surface area (Å²) in [7, 11) is 2.79. The van der Waals surface area contributed by atoms with Crippen LogP contribution in [0.1, 0.15) is 24.2 Å². The molecular weight excluding hydrogens is 288 g/mol. The van der Waals surface area contributed by atoms with Crippen molar-refractivity contribution in [2.45, 2.75) is 13.8 Å². The number of nitrogens with zero attached hydrogens (tertiary/aromatic N) is 1. The van der Waals surface area contributed by atoms with Crippen molar-refractivity contribution in [1.29, 1.82) is 0 Å². The lowest BCUT2D eigenvalue weighted by atomic mass is 10.1. The molecule has 1 aromatic rings. The van der Waals surface area contributed by atoms with E-state index in [1.165, 1.54) is 38.1 Å². The highest BCUT2D eigenvalue weighted by atomic mass is 16.5. The molecule has 0 bridgehead atoms. The highest BCUT2D eigenvalue weighted by Crippen LogP contribution is 2.25. The van der Waals surface area contributed by atoms with Crippen LogP contribution >= 0.6 is 0 Å². The number of likely N-dealkylation sites (N-methyl/N-ethyl adjacent to an activating group) is 1. The Bertz CT molecular complexity index is 571. The summed E-state index contributed by atoms with van der Waals surface area (Å²) in [4.78, 5) is 36.3. The summed E-state index contributed by atoms with van der Waals surface area (Å²) < 4.78 is 9.80. The van der Waals surface area contributed by atoms with Crippen molar-refractivity contribution in [3.8, 4) is 0 Å². The van der Waals surface area contributed by atoms with E-state index >= 15 is 0 Å². The van der Waals surface area contributed by atoms with Gasteiger partial charge in [0, 0.05) is 26.3 Å². The molecule has 0 aliphatic rings. The molecule has 120 valence electrons. The van der Waals surface area contributed by atoms with Crippen LogP contribution in [0.15, 0.2) is 18.2 Å². The zero-order chi connectivity index (χ0) is 16.7. The second kappa shape index (κ2) is 8.14. The minimum Gasteiger partial charge on any atom is -0.465 e. The first-order chi connectivity index (χ1) is 10.4. The molecule has 7 nitrogen and oxygen atoms in total. The van der Waals surface area contributed by atoms with Crippen LogP contribution in [0, 0.1) is 0 Å². The molecule has 0 saturated heterocycles. The zero-order valence-electron chi connectivity index (χ0n) is 13.1. The quantitative estimate of drug-likeness (QED) is 0.804. The summed E-state index contributed by atoms with van der Waals surface area (Å²) in [5, 5.41) is 2.61. The van der Waals surface area contributed by atoms with Crippen LogP contribution in [0.5, 0.6) is 0 Å². The predicted molar refractivity (Wildman–Crippen MR) is 82.0 cm³/mol. The smallest absolute Gasteiger partial charge is 0.339 e. The van der Waals surface area contributed by atoms with Crippen molar-refractivity contribution >= 4 is 29.2 Å². The van der Waals surface area contributed by atoms with E-state index in [2.05, 4.69) is 5.32 Å². The van der Waals surface area contributed by atoms with Crippen LogP contribution in [0.4, 0.5) is 11.4 Å². The SMILES string of the molecule is CCOCC(=O)N(C)c1cc(NC(C)=O)ccc1C(=O)OC. The molecule has 2 amide bonds. The predicted octanol–water partition coefficient (Wildman–Crippen LogP) is 1.43. The van der Waals surface area contributed by atoms with Gasteiger partial charge in [-0.25, -0.2) is 4.79 Å². The molecule has 0 radical (unpaired) electrons. The minimum atomic E-state index is -0.569. The first kappa shape index (κ1) is 17.6. The summed E-state index contributed by atoms with van der Waals surface area (Å²) in [5.74, 6) is -1.13. The van der Waals surface area contributed by atoms with Crippen LogP contribution < -0.4 is 10.2 Å². The van der Waals surface area contributed by atoms with E-state index in [0.29, 0.717) is 18.0 Å². The Hall–Kier alpha value is -2.41. The number of carbonyl (C=O) groups is 3. The van der Waals surface area contributed by atoms with Gasteiger partial charge in [-0.1, -0.05) is 0 Å². The normalized spacial score (nSPS) is 10.0. The number of esters is 1. The molecule has 0 spiro atoms. The first-order valence-electron chi connectivity index (χ1n) is 6.75. The number of hydrogen-bond acceptors (Lipinski definition) is 5. The number of rotatable bonds is 6. The third-order valence-electron chi connectivity index (χ3n) is 2.89. The van der Waals surface area contributed by atoms with Crippen molar-refractivity contribution < 1.29 is 23.9 Å². The fourth-order valence-corrected chi connectivity index (χ4v) is 1.79. The Morgan fingerprint density at radius 3 is 2.50 bits per heavy atom. The van der Waals surface area contributed by atoms with Gasteiger partial charge in [-0.15, -0.1) is 0 Å². The maximum Gasteiger partial charge on any atom is 0.339 e. The van der Waals surface area contributed by atoms with E-state index in [1.54, 1.807) is 13.0 Å². The highest BCUT2D eigenvalue weighted by molar-refractivity contribution is 6.04. The molecule has 0 aliphatic heterocycles. The zero-order valence-corrected chi connectivity index (χ0v) is 13.1. The maximum absolute atomic E-state index is 12.1. The lowest BCUT2D eigenvalue weighted by Gasteiger charge is -2.21. The third-order valence-corrected chi connectivity index (χ3v) is 2.89. The van der Waals surface area contributed by atoms with Gasteiger partial charge in [0.05, 0.1) is 18.4 Å². The molecule has 1 aromatic carbocycles. The summed E-state index contributed by atoms with van der Waals surface area (Å²) in [6, 6.07) is 4.60. The van der Waals surface area contributed by atoms with Gasteiger partial charge in [-0.05, 0) is 25.1 Å².